The van der Waals surface area contributed by atoms with Crippen LogP contribution < -0.4 is 10.1 Å². The summed E-state index contributed by atoms with van der Waals surface area (Å²) in [4.78, 5) is 23.8. The first-order chi connectivity index (χ1) is 13.7. The number of rotatable bonds is 16. The molecule has 0 aliphatic heterocycles. The first-order valence-electron chi connectivity index (χ1n) is 10.7. The molecule has 5 heteroatoms. The van der Waals surface area contributed by atoms with Gasteiger partial charge in [-0.15, -0.1) is 0 Å². The zero-order chi connectivity index (χ0) is 20.5. The Labute approximate surface area is 170 Å². The molecule has 1 aromatic carbocycles. The minimum atomic E-state index is -0.262. The number of carbonyl (C=O) groups is 2. The van der Waals surface area contributed by atoms with Gasteiger partial charge in [0, 0.05) is 12.1 Å². The molecule has 0 saturated carbocycles. The summed E-state index contributed by atoms with van der Waals surface area (Å²) in [6.45, 7) is 2.98. The average molecular weight is 392 g/mol. The zero-order valence-electron chi connectivity index (χ0n) is 17.6. The molecule has 1 rings (SSSR count). The summed E-state index contributed by atoms with van der Waals surface area (Å²) in [7, 11) is 1.56. The number of nitrogens with one attached hydrogen (secondary N) is 1. The molecule has 1 N–H and O–H groups in total. The minimum Gasteiger partial charge on any atom is -0.497 e. The van der Waals surface area contributed by atoms with E-state index in [0.717, 1.165) is 12.8 Å². The van der Waals surface area contributed by atoms with E-state index < -0.39 is 0 Å². The third kappa shape index (κ3) is 11.6. The Hall–Kier alpha value is -2.04. The van der Waals surface area contributed by atoms with E-state index in [1.165, 1.54) is 51.4 Å². The Morgan fingerprint density at radius 1 is 0.929 bits per heavy atom. The quantitative estimate of drug-likeness (QED) is 0.308. The molecule has 0 atom stereocenters. The van der Waals surface area contributed by atoms with Crippen LogP contribution in [0, 0.1) is 0 Å². The molecular formula is C23H37NO4. The van der Waals surface area contributed by atoms with Crippen LogP contribution in [0.1, 0.15) is 87.9 Å². The number of carbonyl (C=O) groups excluding carboxylic acids is 2. The molecule has 0 aliphatic carbocycles. The summed E-state index contributed by atoms with van der Waals surface area (Å²) in [5.74, 6) is 0.145. The fourth-order valence-electron chi connectivity index (χ4n) is 2.99. The van der Waals surface area contributed by atoms with Gasteiger partial charge in [-0.05, 0) is 24.6 Å². The molecule has 1 amide bonds. The van der Waals surface area contributed by atoms with Crippen LogP contribution in [0.15, 0.2) is 24.3 Å². The standard InChI is InChI=1S/C23H37NO4/c1-3-4-5-6-7-8-9-10-11-12-18-28-22(25)16-17-24-23(26)20-14-13-15-21(19-20)27-2/h13-15,19H,3-12,16-18H2,1-2H3,(H,24,26). The van der Waals surface area contributed by atoms with Crippen LogP contribution >= 0.6 is 0 Å². The van der Waals surface area contributed by atoms with E-state index in [0.29, 0.717) is 17.9 Å². The SMILES string of the molecule is CCCCCCCCCCCCOC(=O)CCNC(=O)c1cccc(OC)c1. The van der Waals surface area contributed by atoms with Gasteiger partial charge in [0.05, 0.1) is 20.1 Å². The highest BCUT2D eigenvalue weighted by Gasteiger charge is 2.08. The summed E-state index contributed by atoms with van der Waals surface area (Å²) in [6, 6.07) is 6.91. The van der Waals surface area contributed by atoms with Crippen molar-refractivity contribution in [2.75, 3.05) is 20.3 Å². The molecule has 0 unspecified atom stereocenters. The van der Waals surface area contributed by atoms with Gasteiger partial charge in [0.1, 0.15) is 5.75 Å². The maximum Gasteiger partial charge on any atom is 0.307 e. The molecule has 0 spiro atoms. The molecule has 0 heterocycles. The second-order valence-corrected chi connectivity index (χ2v) is 7.14. The fraction of sp³-hybridized carbons (Fsp3) is 0.652. The molecule has 0 bridgehead atoms. The van der Waals surface area contributed by atoms with Crippen LogP contribution in [0.4, 0.5) is 0 Å². The van der Waals surface area contributed by atoms with Gasteiger partial charge < -0.3 is 14.8 Å². The molecule has 1 aromatic rings. The smallest absolute Gasteiger partial charge is 0.307 e. The first-order valence-corrected chi connectivity index (χ1v) is 10.7. The number of benzene rings is 1. The fourth-order valence-corrected chi connectivity index (χ4v) is 2.99. The molecule has 28 heavy (non-hydrogen) atoms. The number of hydrogen-bond acceptors (Lipinski definition) is 4. The lowest BCUT2D eigenvalue weighted by molar-refractivity contribution is -0.143. The maximum absolute atomic E-state index is 12.0. The van der Waals surface area contributed by atoms with Crippen molar-refractivity contribution in [3.8, 4) is 5.75 Å². The topological polar surface area (TPSA) is 64.6 Å². The van der Waals surface area contributed by atoms with Crippen LogP contribution in [0.5, 0.6) is 5.75 Å². The Kier molecular flexibility index (Phi) is 13.7. The van der Waals surface area contributed by atoms with Gasteiger partial charge in [-0.2, -0.15) is 0 Å². The van der Waals surface area contributed by atoms with Gasteiger partial charge in [-0.25, -0.2) is 0 Å². The van der Waals surface area contributed by atoms with Crippen LogP contribution in [-0.4, -0.2) is 32.1 Å². The van der Waals surface area contributed by atoms with Gasteiger partial charge in [0.2, 0.25) is 0 Å². The van der Waals surface area contributed by atoms with Crippen molar-refractivity contribution in [2.45, 2.75) is 77.6 Å². The number of methoxy groups -OCH3 is 1. The van der Waals surface area contributed by atoms with E-state index in [1.54, 1.807) is 31.4 Å². The largest absolute Gasteiger partial charge is 0.497 e. The normalized spacial score (nSPS) is 10.5. The van der Waals surface area contributed by atoms with Crippen LogP contribution in [-0.2, 0) is 9.53 Å². The van der Waals surface area contributed by atoms with Gasteiger partial charge in [0.15, 0.2) is 0 Å². The molecule has 5 nitrogen and oxygen atoms in total. The van der Waals surface area contributed by atoms with E-state index in [1.807, 2.05) is 0 Å². The predicted octanol–water partition coefficient (Wildman–Crippen LogP) is 5.28. The highest BCUT2D eigenvalue weighted by molar-refractivity contribution is 5.94. The molecule has 0 aromatic heterocycles. The van der Waals surface area contributed by atoms with Crippen molar-refractivity contribution in [3.05, 3.63) is 29.8 Å². The van der Waals surface area contributed by atoms with Crippen LogP contribution in [0.3, 0.4) is 0 Å². The summed E-state index contributed by atoms with van der Waals surface area (Å²) in [5, 5.41) is 2.73. The van der Waals surface area contributed by atoms with Crippen molar-refractivity contribution in [1.82, 2.24) is 5.32 Å². The summed E-state index contributed by atoms with van der Waals surface area (Å²) < 4.78 is 10.3. The second-order valence-electron chi connectivity index (χ2n) is 7.14. The Balaban J connectivity index is 1.97. The highest BCUT2D eigenvalue weighted by atomic mass is 16.5. The van der Waals surface area contributed by atoms with E-state index in [2.05, 4.69) is 12.2 Å². The van der Waals surface area contributed by atoms with E-state index in [-0.39, 0.29) is 24.8 Å². The van der Waals surface area contributed by atoms with Crippen molar-refractivity contribution in [2.24, 2.45) is 0 Å². The monoisotopic (exact) mass is 391 g/mol. The molecule has 0 aliphatic rings. The number of ether oxygens (including phenoxy) is 2. The van der Waals surface area contributed by atoms with Crippen molar-refractivity contribution < 1.29 is 19.1 Å². The lowest BCUT2D eigenvalue weighted by Crippen LogP contribution is -2.26. The zero-order valence-corrected chi connectivity index (χ0v) is 17.6. The molecule has 0 fully saturated rings. The van der Waals surface area contributed by atoms with Crippen molar-refractivity contribution >= 4 is 11.9 Å². The van der Waals surface area contributed by atoms with Crippen molar-refractivity contribution in [3.63, 3.8) is 0 Å². The lowest BCUT2D eigenvalue weighted by atomic mass is 10.1. The van der Waals surface area contributed by atoms with Gasteiger partial charge in [0.25, 0.3) is 5.91 Å². The lowest BCUT2D eigenvalue weighted by Gasteiger charge is -2.07. The van der Waals surface area contributed by atoms with Crippen LogP contribution in [0.25, 0.3) is 0 Å². The number of esters is 1. The third-order valence-corrected chi connectivity index (χ3v) is 4.71. The van der Waals surface area contributed by atoms with Crippen LogP contribution in [0.2, 0.25) is 0 Å². The van der Waals surface area contributed by atoms with Gasteiger partial charge >= 0.3 is 5.97 Å². The van der Waals surface area contributed by atoms with E-state index >= 15 is 0 Å². The second kappa shape index (κ2) is 16.0. The number of amides is 1. The first kappa shape index (κ1) is 24.0. The Bertz CT molecular complexity index is 559. The average Bonchev–Trinajstić information content (AvgIpc) is 2.72. The van der Waals surface area contributed by atoms with Gasteiger partial charge in [-0.3, -0.25) is 9.59 Å². The van der Waals surface area contributed by atoms with Gasteiger partial charge in [-0.1, -0.05) is 70.8 Å². The summed E-state index contributed by atoms with van der Waals surface area (Å²) in [6.07, 6.45) is 12.7. The number of hydrogen-bond donors (Lipinski definition) is 1. The Morgan fingerprint density at radius 2 is 1.57 bits per heavy atom. The highest BCUT2D eigenvalue weighted by Crippen LogP contribution is 2.12. The third-order valence-electron chi connectivity index (χ3n) is 4.71. The predicted molar refractivity (Wildman–Crippen MR) is 113 cm³/mol. The minimum absolute atomic E-state index is 0.188. The van der Waals surface area contributed by atoms with E-state index in [9.17, 15) is 9.59 Å². The molecule has 0 saturated heterocycles. The van der Waals surface area contributed by atoms with Crippen molar-refractivity contribution in [1.29, 1.82) is 0 Å². The summed E-state index contributed by atoms with van der Waals surface area (Å²) in [5.41, 5.74) is 0.512. The molecule has 0 radical (unpaired) electrons. The Morgan fingerprint density at radius 3 is 2.21 bits per heavy atom. The molecule has 158 valence electrons. The summed E-state index contributed by atoms with van der Waals surface area (Å²) >= 11 is 0. The molecular weight excluding hydrogens is 354 g/mol. The van der Waals surface area contributed by atoms with E-state index in [4.69, 9.17) is 9.47 Å². The number of unbranched alkanes of at least 4 members (excludes halogenated alkanes) is 9. The maximum atomic E-state index is 12.0.